The average Bonchev–Trinajstić information content (AvgIpc) is 2.99. The van der Waals surface area contributed by atoms with E-state index in [4.69, 9.17) is 20.8 Å². The Morgan fingerprint density at radius 3 is 2.57 bits per heavy atom. The molecule has 6 heteroatoms. The van der Waals surface area contributed by atoms with Crippen molar-refractivity contribution in [1.29, 1.82) is 0 Å². The smallest absolute Gasteiger partial charge is 0.290 e. The molecule has 1 aromatic heterocycles. The summed E-state index contributed by atoms with van der Waals surface area (Å²) in [5, 5.41) is 0.826. The highest BCUT2D eigenvalue weighted by molar-refractivity contribution is 6.31. The van der Waals surface area contributed by atoms with Crippen LogP contribution in [-0.2, 0) is 11.2 Å². The van der Waals surface area contributed by atoms with Gasteiger partial charge in [-0.2, -0.15) is 0 Å². The number of nitrogens with zero attached hydrogens (tertiary/aromatic N) is 1. The third kappa shape index (κ3) is 3.01. The molecule has 0 aliphatic carbocycles. The standard InChI is InChI=1S/C22H20ClNO4/c1-3-13-4-6-14(7-5-13)19-18-20(25)16-12-15(23)8-9-17(16)28-21(18)22(26)24(19)10-11-27-2/h4-9,12,19H,3,10-11H2,1-2H3. The summed E-state index contributed by atoms with van der Waals surface area (Å²) in [6.45, 7) is 2.80. The lowest BCUT2D eigenvalue weighted by molar-refractivity contribution is 0.0663. The van der Waals surface area contributed by atoms with Gasteiger partial charge in [0.25, 0.3) is 5.91 Å². The molecule has 0 bridgehead atoms. The molecule has 0 radical (unpaired) electrons. The number of carbonyl (C=O) groups is 1. The van der Waals surface area contributed by atoms with Crippen molar-refractivity contribution in [2.45, 2.75) is 19.4 Å². The maximum Gasteiger partial charge on any atom is 0.290 e. The van der Waals surface area contributed by atoms with Crippen molar-refractivity contribution < 1.29 is 13.9 Å². The molecule has 2 heterocycles. The second-order valence-electron chi connectivity index (χ2n) is 6.80. The number of methoxy groups -OCH3 is 1. The van der Waals surface area contributed by atoms with Gasteiger partial charge in [0.1, 0.15) is 5.58 Å². The van der Waals surface area contributed by atoms with Gasteiger partial charge >= 0.3 is 0 Å². The molecular weight excluding hydrogens is 378 g/mol. The van der Waals surface area contributed by atoms with Crippen LogP contribution in [0.15, 0.2) is 51.7 Å². The van der Waals surface area contributed by atoms with Gasteiger partial charge in [0.15, 0.2) is 5.43 Å². The fraction of sp³-hybridized carbons (Fsp3) is 0.273. The number of amides is 1. The van der Waals surface area contributed by atoms with E-state index >= 15 is 0 Å². The lowest BCUT2D eigenvalue weighted by Crippen LogP contribution is -2.32. The molecule has 2 aromatic carbocycles. The number of aryl methyl sites for hydroxylation is 1. The van der Waals surface area contributed by atoms with E-state index in [9.17, 15) is 9.59 Å². The molecule has 4 rings (SSSR count). The normalized spacial score (nSPS) is 16.0. The van der Waals surface area contributed by atoms with Crippen molar-refractivity contribution in [3.8, 4) is 0 Å². The first-order valence-corrected chi connectivity index (χ1v) is 9.58. The summed E-state index contributed by atoms with van der Waals surface area (Å²) in [6.07, 6.45) is 0.916. The molecule has 0 spiro atoms. The number of benzene rings is 2. The summed E-state index contributed by atoms with van der Waals surface area (Å²) in [5.74, 6) is -0.203. The van der Waals surface area contributed by atoms with Crippen LogP contribution in [-0.4, -0.2) is 31.1 Å². The first-order chi connectivity index (χ1) is 13.5. The molecule has 144 valence electrons. The first-order valence-electron chi connectivity index (χ1n) is 9.20. The van der Waals surface area contributed by atoms with Crippen LogP contribution in [0, 0.1) is 0 Å². The van der Waals surface area contributed by atoms with Gasteiger partial charge in [-0.05, 0) is 35.7 Å². The number of carbonyl (C=O) groups excluding carboxylic acids is 1. The minimum atomic E-state index is -0.511. The number of halogens is 1. The highest BCUT2D eigenvalue weighted by Gasteiger charge is 2.42. The van der Waals surface area contributed by atoms with E-state index in [0.717, 1.165) is 12.0 Å². The minimum absolute atomic E-state index is 0.0977. The first kappa shape index (κ1) is 18.7. The third-order valence-corrected chi connectivity index (χ3v) is 5.40. The summed E-state index contributed by atoms with van der Waals surface area (Å²) in [4.78, 5) is 28.0. The summed E-state index contributed by atoms with van der Waals surface area (Å²) in [7, 11) is 1.58. The Bertz CT molecular complexity index is 1100. The van der Waals surface area contributed by atoms with E-state index in [2.05, 4.69) is 6.92 Å². The van der Waals surface area contributed by atoms with E-state index in [1.165, 1.54) is 5.56 Å². The van der Waals surface area contributed by atoms with Crippen LogP contribution >= 0.6 is 11.6 Å². The number of fused-ring (bicyclic) bond motifs is 2. The maximum absolute atomic E-state index is 13.3. The fourth-order valence-corrected chi connectivity index (χ4v) is 3.87. The fourth-order valence-electron chi connectivity index (χ4n) is 3.70. The minimum Gasteiger partial charge on any atom is -0.450 e. The molecule has 0 fully saturated rings. The molecule has 0 saturated carbocycles. The molecule has 1 aliphatic rings. The Balaban J connectivity index is 1.94. The maximum atomic E-state index is 13.3. The molecule has 1 amide bonds. The summed E-state index contributed by atoms with van der Waals surface area (Å²) in [5.41, 5.74) is 2.55. The number of rotatable bonds is 5. The molecule has 1 aliphatic heterocycles. The zero-order valence-electron chi connectivity index (χ0n) is 15.7. The van der Waals surface area contributed by atoms with Crippen LogP contribution < -0.4 is 5.43 Å². The Morgan fingerprint density at radius 1 is 1.14 bits per heavy atom. The number of hydrogen-bond donors (Lipinski definition) is 0. The predicted molar refractivity (Wildman–Crippen MR) is 108 cm³/mol. The highest BCUT2D eigenvalue weighted by atomic mass is 35.5. The van der Waals surface area contributed by atoms with Crippen LogP contribution in [0.1, 0.15) is 40.2 Å². The average molecular weight is 398 g/mol. The topological polar surface area (TPSA) is 59.8 Å². The van der Waals surface area contributed by atoms with E-state index in [1.807, 2.05) is 24.3 Å². The van der Waals surface area contributed by atoms with E-state index < -0.39 is 6.04 Å². The zero-order chi connectivity index (χ0) is 19.8. The van der Waals surface area contributed by atoms with Crippen LogP contribution in [0.3, 0.4) is 0 Å². The van der Waals surface area contributed by atoms with Gasteiger partial charge in [-0.15, -0.1) is 0 Å². The number of hydrogen-bond acceptors (Lipinski definition) is 4. The van der Waals surface area contributed by atoms with E-state index in [-0.39, 0.29) is 17.1 Å². The van der Waals surface area contributed by atoms with Crippen molar-refractivity contribution in [3.63, 3.8) is 0 Å². The SMILES string of the molecule is CCc1ccc(C2c3c(oc4ccc(Cl)cc4c3=O)C(=O)N2CCOC)cc1. The van der Waals surface area contributed by atoms with Gasteiger partial charge in [-0.1, -0.05) is 42.8 Å². The molecule has 28 heavy (non-hydrogen) atoms. The van der Waals surface area contributed by atoms with Crippen LogP contribution in [0.25, 0.3) is 11.0 Å². The molecule has 1 atom stereocenters. The molecule has 5 nitrogen and oxygen atoms in total. The van der Waals surface area contributed by atoms with Crippen molar-refractivity contribution in [2.24, 2.45) is 0 Å². The number of ether oxygens (including phenoxy) is 1. The van der Waals surface area contributed by atoms with Crippen molar-refractivity contribution >= 4 is 28.5 Å². The van der Waals surface area contributed by atoms with Gasteiger partial charge < -0.3 is 14.1 Å². The second-order valence-corrected chi connectivity index (χ2v) is 7.24. The van der Waals surface area contributed by atoms with E-state index in [1.54, 1.807) is 30.2 Å². The summed E-state index contributed by atoms with van der Waals surface area (Å²) < 4.78 is 11.0. The Hall–Kier alpha value is -2.63. The molecule has 1 unspecified atom stereocenters. The molecule has 3 aromatic rings. The Labute approximate surface area is 167 Å². The summed E-state index contributed by atoms with van der Waals surface area (Å²) >= 11 is 6.08. The monoisotopic (exact) mass is 397 g/mol. The Kier molecular flexibility index (Phi) is 4.96. The van der Waals surface area contributed by atoms with Crippen molar-refractivity contribution in [1.82, 2.24) is 4.90 Å². The van der Waals surface area contributed by atoms with Crippen LogP contribution in [0.2, 0.25) is 5.02 Å². The van der Waals surface area contributed by atoms with Crippen molar-refractivity contribution in [2.75, 3.05) is 20.3 Å². The van der Waals surface area contributed by atoms with Gasteiger partial charge in [0, 0.05) is 18.7 Å². The molecule has 0 saturated heterocycles. The largest absolute Gasteiger partial charge is 0.450 e. The van der Waals surface area contributed by atoms with Gasteiger partial charge in [-0.3, -0.25) is 9.59 Å². The highest BCUT2D eigenvalue weighted by Crippen LogP contribution is 2.38. The van der Waals surface area contributed by atoms with Gasteiger partial charge in [-0.25, -0.2) is 0 Å². The summed E-state index contributed by atoms with van der Waals surface area (Å²) in [6, 6.07) is 12.3. The van der Waals surface area contributed by atoms with Crippen LogP contribution in [0.4, 0.5) is 0 Å². The quantitative estimate of drug-likeness (QED) is 0.647. The van der Waals surface area contributed by atoms with Crippen LogP contribution in [0.5, 0.6) is 0 Å². The molecular formula is C22H20ClNO4. The second kappa shape index (κ2) is 7.41. The lowest BCUT2D eigenvalue weighted by Gasteiger charge is -2.25. The van der Waals surface area contributed by atoms with E-state index in [0.29, 0.717) is 34.7 Å². The lowest BCUT2D eigenvalue weighted by atomic mass is 9.97. The zero-order valence-corrected chi connectivity index (χ0v) is 16.5. The van der Waals surface area contributed by atoms with Gasteiger partial charge in [0.2, 0.25) is 5.76 Å². The third-order valence-electron chi connectivity index (χ3n) is 5.17. The van der Waals surface area contributed by atoms with Crippen molar-refractivity contribution in [3.05, 3.63) is 80.2 Å². The Morgan fingerprint density at radius 2 is 1.89 bits per heavy atom. The molecule has 0 N–H and O–H groups in total. The predicted octanol–water partition coefficient (Wildman–Crippen LogP) is 4.20. The van der Waals surface area contributed by atoms with Gasteiger partial charge in [0.05, 0.1) is 23.6 Å².